The number of rotatable bonds is 4. The average molecular weight is 636 g/mol. The maximum Gasteiger partial charge on any atom is 0.0541 e. The second kappa shape index (κ2) is 11.6. The first kappa shape index (κ1) is 28.6. The maximum absolute atomic E-state index is 2.42. The molecule has 1 nitrogen and oxygen atoms in total. The van der Waals surface area contributed by atoms with Crippen molar-refractivity contribution >= 4 is 59.8 Å². The van der Waals surface area contributed by atoms with E-state index in [1.807, 2.05) is 0 Å². The van der Waals surface area contributed by atoms with E-state index in [0.717, 1.165) is 6.42 Å². The molecule has 0 aliphatic heterocycles. The SMILES string of the molecule is C1=CCC=C(n2c3ccccc3c3cc(-c4c5ccccc5c(-c5ccc(-c6cccc7ccccc67)cc5)c5ccccc45)ccc32)C=C1. The number of benzene rings is 8. The van der Waals surface area contributed by atoms with Crippen molar-refractivity contribution in [1.82, 2.24) is 4.57 Å². The van der Waals surface area contributed by atoms with E-state index >= 15 is 0 Å². The number of aromatic nitrogens is 1. The summed E-state index contributed by atoms with van der Waals surface area (Å²) < 4.78 is 2.42. The summed E-state index contributed by atoms with van der Waals surface area (Å²) in [5.74, 6) is 0. The van der Waals surface area contributed by atoms with Crippen LogP contribution in [0.2, 0.25) is 0 Å². The van der Waals surface area contributed by atoms with Crippen LogP contribution in [-0.4, -0.2) is 4.57 Å². The molecule has 0 bridgehead atoms. The lowest BCUT2D eigenvalue weighted by molar-refractivity contribution is 1.22. The van der Waals surface area contributed by atoms with Crippen molar-refractivity contribution in [2.24, 2.45) is 0 Å². The van der Waals surface area contributed by atoms with Gasteiger partial charge in [0.05, 0.1) is 11.0 Å². The molecule has 0 amide bonds. The zero-order valence-electron chi connectivity index (χ0n) is 27.6. The monoisotopic (exact) mass is 635 g/mol. The zero-order chi connectivity index (χ0) is 33.0. The Labute approximate surface area is 291 Å². The van der Waals surface area contributed by atoms with E-state index in [0.29, 0.717) is 0 Å². The molecule has 1 aliphatic carbocycles. The van der Waals surface area contributed by atoms with Gasteiger partial charge in [-0.25, -0.2) is 0 Å². The molecule has 10 rings (SSSR count). The molecule has 9 aromatic rings. The van der Waals surface area contributed by atoms with E-state index in [9.17, 15) is 0 Å². The van der Waals surface area contributed by atoms with Gasteiger partial charge in [-0.3, -0.25) is 0 Å². The highest BCUT2D eigenvalue weighted by Crippen LogP contribution is 2.45. The first-order valence-electron chi connectivity index (χ1n) is 17.4. The number of para-hydroxylation sites is 1. The molecule has 0 unspecified atom stereocenters. The third kappa shape index (κ3) is 4.48. The van der Waals surface area contributed by atoms with Crippen LogP contribution in [0.4, 0.5) is 0 Å². The van der Waals surface area contributed by atoms with Crippen LogP contribution in [0.15, 0.2) is 188 Å². The fourth-order valence-electron chi connectivity index (χ4n) is 8.18. The van der Waals surface area contributed by atoms with Crippen LogP contribution in [0.25, 0.3) is 93.2 Å². The van der Waals surface area contributed by atoms with Gasteiger partial charge in [-0.2, -0.15) is 0 Å². The Morgan fingerprint density at radius 3 is 1.70 bits per heavy atom. The summed E-state index contributed by atoms with van der Waals surface area (Å²) in [7, 11) is 0. The normalized spacial score (nSPS) is 13.1. The van der Waals surface area contributed by atoms with Gasteiger partial charge in [-0.05, 0) is 96.4 Å². The van der Waals surface area contributed by atoms with E-state index in [1.54, 1.807) is 0 Å². The number of allylic oxidation sites excluding steroid dienone is 6. The van der Waals surface area contributed by atoms with Crippen molar-refractivity contribution in [3.63, 3.8) is 0 Å². The van der Waals surface area contributed by atoms with E-state index in [4.69, 9.17) is 0 Å². The molecule has 0 atom stereocenters. The highest BCUT2D eigenvalue weighted by Gasteiger charge is 2.19. The molecule has 0 N–H and O–H groups in total. The minimum atomic E-state index is 0.921. The van der Waals surface area contributed by atoms with Crippen LogP contribution >= 0.6 is 0 Å². The minimum Gasteiger partial charge on any atom is -0.310 e. The quantitative estimate of drug-likeness (QED) is 0.170. The Bertz CT molecular complexity index is 2810. The average Bonchev–Trinajstić information content (AvgIpc) is 3.29. The molecule has 0 saturated carbocycles. The molecule has 234 valence electrons. The molecule has 0 fully saturated rings. The largest absolute Gasteiger partial charge is 0.310 e. The lowest BCUT2D eigenvalue weighted by atomic mass is 9.85. The molecule has 1 aliphatic rings. The maximum atomic E-state index is 2.42. The fraction of sp³-hybridized carbons (Fsp3) is 0.0204. The summed E-state index contributed by atoms with van der Waals surface area (Å²) in [5.41, 5.74) is 11.2. The fourth-order valence-corrected chi connectivity index (χ4v) is 8.18. The van der Waals surface area contributed by atoms with Gasteiger partial charge in [0.25, 0.3) is 0 Å². The highest BCUT2D eigenvalue weighted by molar-refractivity contribution is 6.22. The van der Waals surface area contributed by atoms with Crippen molar-refractivity contribution in [2.75, 3.05) is 0 Å². The first-order chi connectivity index (χ1) is 24.8. The Balaban J connectivity index is 1.18. The van der Waals surface area contributed by atoms with Gasteiger partial charge >= 0.3 is 0 Å². The van der Waals surface area contributed by atoms with E-state index in [1.165, 1.54) is 93.2 Å². The summed E-state index contributed by atoms with van der Waals surface area (Å²) in [5, 5.41) is 10.2. The molecule has 1 heteroatoms. The van der Waals surface area contributed by atoms with Crippen molar-refractivity contribution in [2.45, 2.75) is 6.42 Å². The Morgan fingerprint density at radius 1 is 0.400 bits per heavy atom. The van der Waals surface area contributed by atoms with Gasteiger partial charge in [-0.1, -0.05) is 164 Å². The third-order valence-corrected chi connectivity index (χ3v) is 10.4. The Hall–Kier alpha value is -6.44. The van der Waals surface area contributed by atoms with Crippen LogP contribution in [0.5, 0.6) is 0 Å². The van der Waals surface area contributed by atoms with Crippen LogP contribution in [0, 0.1) is 0 Å². The van der Waals surface area contributed by atoms with Crippen molar-refractivity contribution in [3.8, 4) is 33.4 Å². The molecular formula is C49H33N. The minimum absolute atomic E-state index is 0.921. The summed E-state index contributed by atoms with van der Waals surface area (Å²) in [6.45, 7) is 0. The highest BCUT2D eigenvalue weighted by atomic mass is 15.0. The van der Waals surface area contributed by atoms with E-state index in [-0.39, 0.29) is 0 Å². The third-order valence-electron chi connectivity index (χ3n) is 10.4. The summed E-state index contributed by atoms with van der Waals surface area (Å²) >= 11 is 0. The van der Waals surface area contributed by atoms with Crippen LogP contribution in [0.1, 0.15) is 6.42 Å². The van der Waals surface area contributed by atoms with Crippen LogP contribution in [-0.2, 0) is 0 Å². The number of nitrogens with zero attached hydrogens (tertiary/aromatic N) is 1. The van der Waals surface area contributed by atoms with Gasteiger partial charge in [-0.15, -0.1) is 0 Å². The van der Waals surface area contributed by atoms with Crippen molar-refractivity contribution in [3.05, 3.63) is 188 Å². The van der Waals surface area contributed by atoms with Gasteiger partial charge < -0.3 is 4.57 Å². The summed E-state index contributed by atoms with van der Waals surface area (Å²) in [4.78, 5) is 0. The van der Waals surface area contributed by atoms with Gasteiger partial charge in [0.1, 0.15) is 0 Å². The lowest BCUT2D eigenvalue weighted by Gasteiger charge is -2.18. The number of hydrogen-bond acceptors (Lipinski definition) is 0. The Morgan fingerprint density at radius 2 is 0.960 bits per heavy atom. The van der Waals surface area contributed by atoms with Crippen molar-refractivity contribution in [1.29, 1.82) is 0 Å². The van der Waals surface area contributed by atoms with Gasteiger partial charge in [0.2, 0.25) is 0 Å². The van der Waals surface area contributed by atoms with E-state index in [2.05, 4.69) is 193 Å². The summed E-state index contributed by atoms with van der Waals surface area (Å²) in [6.07, 6.45) is 11.9. The van der Waals surface area contributed by atoms with Crippen LogP contribution in [0.3, 0.4) is 0 Å². The molecule has 50 heavy (non-hydrogen) atoms. The molecule has 0 radical (unpaired) electrons. The van der Waals surface area contributed by atoms with E-state index < -0.39 is 0 Å². The zero-order valence-corrected chi connectivity index (χ0v) is 27.6. The van der Waals surface area contributed by atoms with Crippen molar-refractivity contribution < 1.29 is 0 Å². The molecular weight excluding hydrogens is 603 g/mol. The first-order valence-corrected chi connectivity index (χ1v) is 17.4. The number of hydrogen-bond donors (Lipinski definition) is 0. The molecule has 0 spiro atoms. The second-order valence-corrected chi connectivity index (χ2v) is 13.2. The summed E-state index contributed by atoms with van der Waals surface area (Å²) in [6, 6.07) is 58.1. The van der Waals surface area contributed by atoms with Crippen LogP contribution < -0.4 is 0 Å². The molecule has 8 aromatic carbocycles. The molecule has 1 heterocycles. The predicted molar refractivity (Wildman–Crippen MR) is 215 cm³/mol. The predicted octanol–water partition coefficient (Wildman–Crippen LogP) is 13.6. The topological polar surface area (TPSA) is 4.93 Å². The molecule has 0 saturated heterocycles. The number of fused-ring (bicyclic) bond motifs is 6. The second-order valence-electron chi connectivity index (χ2n) is 13.2. The van der Waals surface area contributed by atoms with Gasteiger partial charge in [0.15, 0.2) is 0 Å². The lowest BCUT2D eigenvalue weighted by Crippen LogP contribution is -1.94. The smallest absolute Gasteiger partial charge is 0.0541 e. The van der Waals surface area contributed by atoms with Gasteiger partial charge in [0, 0.05) is 16.5 Å². The Kier molecular flexibility index (Phi) is 6.63. The molecule has 1 aromatic heterocycles. The standard InChI is InChI=1S/C49H33N/c1-2-4-17-37(16-3-1)50-46-25-12-11-19-40(46)45-32-36(30-31-47(45)50)49-43-22-9-7-20-41(43)48(42-21-8-10-23-44(42)49)35-28-26-34(27-29-35)39-24-13-15-33-14-5-6-18-38(33)39/h1-3,5-32H,4H2.